The van der Waals surface area contributed by atoms with Crippen LogP contribution in [-0.2, 0) is 17.7 Å². The van der Waals surface area contributed by atoms with Crippen LogP contribution in [-0.4, -0.2) is 62.5 Å². The van der Waals surface area contributed by atoms with Crippen molar-refractivity contribution in [2.45, 2.75) is 26.8 Å². The van der Waals surface area contributed by atoms with Gasteiger partial charge in [0.2, 0.25) is 0 Å². The molecule has 0 aromatic carbocycles. The Bertz CT molecular complexity index is 1190. The van der Waals surface area contributed by atoms with Crippen LogP contribution in [0.15, 0.2) is 35.8 Å². The van der Waals surface area contributed by atoms with Gasteiger partial charge in [-0.3, -0.25) is 10.00 Å². The number of anilines is 2. The number of aryl methyl sites for hydroxylation is 2. The van der Waals surface area contributed by atoms with E-state index in [0.29, 0.717) is 18.1 Å². The number of nitrogens with zero attached hydrogens (tertiary/aromatic N) is 5. The van der Waals surface area contributed by atoms with E-state index in [1.807, 2.05) is 30.5 Å². The van der Waals surface area contributed by atoms with Gasteiger partial charge in [0.1, 0.15) is 11.6 Å². The lowest BCUT2D eigenvalue weighted by Gasteiger charge is -2.26. The molecular formula is C22H27FN8O. The van der Waals surface area contributed by atoms with Gasteiger partial charge in [-0.15, -0.1) is 0 Å². The summed E-state index contributed by atoms with van der Waals surface area (Å²) in [7, 11) is 0. The highest BCUT2D eigenvalue weighted by molar-refractivity contribution is 5.60. The van der Waals surface area contributed by atoms with Crippen LogP contribution in [0, 0.1) is 13.8 Å². The second kappa shape index (κ2) is 8.71. The number of hydrogen-bond donors (Lipinski definition) is 3. The third-order valence-corrected chi connectivity index (χ3v) is 5.73. The summed E-state index contributed by atoms with van der Waals surface area (Å²) in [6, 6.07) is 3.96. The molecule has 0 unspecified atom stereocenters. The number of dihydropyridines is 1. The number of hydrogen-bond acceptors (Lipinski definition) is 7. The van der Waals surface area contributed by atoms with E-state index in [-0.39, 0.29) is 12.4 Å². The fraction of sp³-hybridized carbons (Fsp3) is 0.409. The lowest BCUT2D eigenvalue weighted by Crippen LogP contribution is -2.36. The standard InChI is InChI=1S/C22H27FN8O/c1-14-9-21(28-27-14)25-20-11-18(13-30-5-7-32-8-6-30)31-22(26-20)19(15(2)29-31)10-17-4-3-16(23)12-24-17/h3-4,9,11,24H,5-8,10,12-13H2,1-2H3,(H2,25,26,27,28). The van der Waals surface area contributed by atoms with Crippen LogP contribution in [0.25, 0.3) is 5.65 Å². The Kier molecular flexibility index (Phi) is 5.62. The summed E-state index contributed by atoms with van der Waals surface area (Å²) >= 11 is 0. The monoisotopic (exact) mass is 438 g/mol. The van der Waals surface area contributed by atoms with Gasteiger partial charge in [0.05, 0.1) is 31.1 Å². The SMILES string of the molecule is Cc1cc(Nc2cc(CN3CCOCC3)n3nc(C)c(CC4=CC=C(F)CN4)c3n2)n[nH]1. The van der Waals surface area contributed by atoms with Crippen molar-refractivity contribution in [2.24, 2.45) is 0 Å². The van der Waals surface area contributed by atoms with Gasteiger partial charge >= 0.3 is 0 Å². The van der Waals surface area contributed by atoms with Crippen molar-refractivity contribution in [3.8, 4) is 0 Å². The highest BCUT2D eigenvalue weighted by Crippen LogP contribution is 2.24. The van der Waals surface area contributed by atoms with E-state index in [1.165, 1.54) is 6.08 Å². The molecule has 9 nitrogen and oxygen atoms in total. The Morgan fingerprint density at radius 2 is 2.00 bits per heavy atom. The molecule has 2 aliphatic heterocycles. The fourth-order valence-corrected chi connectivity index (χ4v) is 4.03. The van der Waals surface area contributed by atoms with Crippen molar-refractivity contribution < 1.29 is 9.13 Å². The summed E-state index contributed by atoms with van der Waals surface area (Å²) in [5.74, 6) is 1.26. The summed E-state index contributed by atoms with van der Waals surface area (Å²) in [5, 5.41) is 18.5. The van der Waals surface area contributed by atoms with E-state index < -0.39 is 0 Å². The van der Waals surface area contributed by atoms with Crippen molar-refractivity contribution in [1.29, 1.82) is 0 Å². The van der Waals surface area contributed by atoms with Crippen LogP contribution in [0.2, 0.25) is 0 Å². The highest BCUT2D eigenvalue weighted by atomic mass is 19.1. The molecule has 5 rings (SSSR count). The molecule has 2 aliphatic rings. The molecule has 168 valence electrons. The summed E-state index contributed by atoms with van der Waals surface area (Å²) in [5.41, 5.74) is 5.68. The highest BCUT2D eigenvalue weighted by Gasteiger charge is 2.20. The normalized spacial score (nSPS) is 17.2. The minimum atomic E-state index is -0.169. The maximum atomic E-state index is 13.4. The number of H-pyrrole nitrogens is 1. The Hall–Kier alpha value is -3.24. The number of nitrogens with one attached hydrogen (secondary N) is 3. The van der Waals surface area contributed by atoms with Crippen LogP contribution < -0.4 is 10.6 Å². The zero-order valence-corrected chi connectivity index (χ0v) is 18.3. The van der Waals surface area contributed by atoms with E-state index in [0.717, 1.165) is 66.8 Å². The van der Waals surface area contributed by atoms with Crippen LogP contribution in [0.4, 0.5) is 16.0 Å². The minimum Gasteiger partial charge on any atom is -0.382 e. The van der Waals surface area contributed by atoms with E-state index in [9.17, 15) is 4.39 Å². The first-order valence-electron chi connectivity index (χ1n) is 10.8. The van der Waals surface area contributed by atoms with E-state index in [1.54, 1.807) is 6.08 Å². The quantitative estimate of drug-likeness (QED) is 0.544. The number of allylic oxidation sites excluding steroid dienone is 3. The molecule has 3 aromatic rings. The van der Waals surface area contributed by atoms with E-state index in [2.05, 4.69) is 25.7 Å². The van der Waals surface area contributed by atoms with Crippen LogP contribution >= 0.6 is 0 Å². The van der Waals surface area contributed by atoms with E-state index >= 15 is 0 Å². The lowest BCUT2D eigenvalue weighted by atomic mass is 10.1. The fourth-order valence-electron chi connectivity index (χ4n) is 4.03. The second-order valence-corrected chi connectivity index (χ2v) is 8.22. The molecule has 0 aliphatic carbocycles. The Morgan fingerprint density at radius 1 is 1.16 bits per heavy atom. The second-order valence-electron chi connectivity index (χ2n) is 8.22. The van der Waals surface area contributed by atoms with Crippen molar-refractivity contribution in [2.75, 3.05) is 38.2 Å². The topological polar surface area (TPSA) is 95.4 Å². The molecule has 0 saturated carbocycles. The first kappa shape index (κ1) is 20.7. The first-order chi connectivity index (χ1) is 15.5. The summed E-state index contributed by atoms with van der Waals surface area (Å²) in [6.07, 6.45) is 3.90. The molecule has 1 saturated heterocycles. The van der Waals surface area contributed by atoms with Crippen molar-refractivity contribution in [3.63, 3.8) is 0 Å². The molecular weight excluding hydrogens is 411 g/mol. The molecule has 1 fully saturated rings. The average Bonchev–Trinajstić information content (AvgIpc) is 3.33. The van der Waals surface area contributed by atoms with Gasteiger partial charge in [0.25, 0.3) is 0 Å². The minimum absolute atomic E-state index is 0.169. The predicted octanol–water partition coefficient (Wildman–Crippen LogP) is 2.53. The van der Waals surface area contributed by atoms with Crippen molar-refractivity contribution in [1.82, 2.24) is 35.0 Å². The maximum Gasteiger partial charge on any atom is 0.161 e. The number of aromatic amines is 1. The molecule has 3 aromatic heterocycles. The number of ether oxygens (including phenoxy) is 1. The first-order valence-corrected chi connectivity index (χ1v) is 10.8. The molecule has 0 amide bonds. The molecule has 3 N–H and O–H groups in total. The molecule has 0 spiro atoms. The summed E-state index contributed by atoms with van der Waals surface area (Å²) < 4.78 is 20.8. The summed E-state index contributed by atoms with van der Waals surface area (Å²) in [6.45, 7) is 8.14. The zero-order chi connectivity index (χ0) is 22.1. The Morgan fingerprint density at radius 3 is 2.72 bits per heavy atom. The number of aromatic nitrogens is 5. The van der Waals surface area contributed by atoms with Crippen molar-refractivity contribution >= 4 is 17.3 Å². The van der Waals surface area contributed by atoms with E-state index in [4.69, 9.17) is 14.8 Å². The van der Waals surface area contributed by atoms with Crippen molar-refractivity contribution in [3.05, 3.63) is 58.5 Å². The smallest absolute Gasteiger partial charge is 0.161 e. The third kappa shape index (κ3) is 4.37. The molecule has 0 radical (unpaired) electrons. The number of fused-ring (bicyclic) bond motifs is 1. The van der Waals surface area contributed by atoms with Gasteiger partial charge in [-0.25, -0.2) is 13.9 Å². The van der Waals surface area contributed by atoms with Crippen LogP contribution in [0.3, 0.4) is 0 Å². The molecule has 5 heterocycles. The number of halogens is 1. The van der Waals surface area contributed by atoms with Gasteiger partial charge in [0.15, 0.2) is 11.5 Å². The predicted molar refractivity (Wildman–Crippen MR) is 119 cm³/mol. The van der Waals surface area contributed by atoms with Crippen LogP contribution in [0.5, 0.6) is 0 Å². The van der Waals surface area contributed by atoms with Gasteiger partial charge in [0, 0.05) is 55.1 Å². The maximum absolute atomic E-state index is 13.4. The summed E-state index contributed by atoms with van der Waals surface area (Å²) in [4.78, 5) is 7.24. The Balaban J connectivity index is 1.54. The van der Waals surface area contributed by atoms with Gasteiger partial charge in [-0.1, -0.05) is 0 Å². The third-order valence-electron chi connectivity index (χ3n) is 5.73. The average molecular weight is 439 g/mol. The largest absolute Gasteiger partial charge is 0.382 e. The number of rotatable bonds is 6. The van der Waals surface area contributed by atoms with Gasteiger partial charge in [-0.05, 0) is 26.0 Å². The molecule has 32 heavy (non-hydrogen) atoms. The van der Waals surface area contributed by atoms with Gasteiger partial charge in [-0.2, -0.15) is 10.2 Å². The molecule has 0 bridgehead atoms. The van der Waals surface area contributed by atoms with Gasteiger partial charge < -0.3 is 15.4 Å². The molecule has 10 heteroatoms. The van der Waals surface area contributed by atoms with Crippen LogP contribution in [0.1, 0.15) is 22.6 Å². The lowest BCUT2D eigenvalue weighted by molar-refractivity contribution is 0.0334. The molecule has 0 atom stereocenters. The number of morpholine rings is 1. The zero-order valence-electron chi connectivity index (χ0n) is 18.3. The Labute approximate surface area is 185 Å².